The van der Waals surface area contributed by atoms with E-state index in [1.54, 1.807) is 12.1 Å². The second kappa shape index (κ2) is 7.18. The van der Waals surface area contributed by atoms with Gasteiger partial charge in [-0.3, -0.25) is 9.69 Å². The minimum Gasteiger partial charge on any atom is -0.309 e. The lowest BCUT2D eigenvalue weighted by atomic mass is 10.0. The molecule has 6 heteroatoms. The van der Waals surface area contributed by atoms with Crippen LogP contribution in [-0.4, -0.2) is 29.9 Å². The SMILES string of the molecule is O=C1Cc2ccc(Cl)cc2N1C1CCN(Cc2ccc(Cl)cc2F)CC1. The van der Waals surface area contributed by atoms with Crippen LogP contribution in [0.1, 0.15) is 24.0 Å². The zero-order valence-electron chi connectivity index (χ0n) is 14.2. The number of halogens is 3. The van der Waals surface area contributed by atoms with Crippen LogP contribution in [0.3, 0.4) is 0 Å². The molecule has 0 N–H and O–H groups in total. The second-order valence-electron chi connectivity index (χ2n) is 6.96. The third-order valence-corrected chi connectivity index (χ3v) is 5.72. The predicted molar refractivity (Wildman–Crippen MR) is 102 cm³/mol. The highest BCUT2D eigenvalue weighted by molar-refractivity contribution is 6.31. The molecule has 136 valence electrons. The van der Waals surface area contributed by atoms with Crippen molar-refractivity contribution in [1.82, 2.24) is 4.90 Å². The van der Waals surface area contributed by atoms with Gasteiger partial charge in [0.15, 0.2) is 0 Å². The van der Waals surface area contributed by atoms with Gasteiger partial charge in [-0.1, -0.05) is 35.3 Å². The molecule has 0 atom stereocenters. The fraction of sp³-hybridized carbons (Fsp3) is 0.350. The van der Waals surface area contributed by atoms with Gasteiger partial charge in [0.05, 0.1) is 6.42 Å². The van der Waals surface area contributed by atoms with Gasteiger partial charge in [0.25, 0.3) is 0 Å². The monoisotopic (exact) mass is 392 g/mol. The topological polar surface area (TPSA) is 23.6 Å². The fourth-order valence-corrected chi connectivity index (χ4v) is 4.25. The van der Waals surface area contributed by atoms with E-state index in [9.17, 15) is 9.18 Å². The highest BCUT2D eigenvalue weighted by Gasteiger charge is 2.35. The van der Waals surface area contributed by atoms with E-state index in [4.69, 9.17) is 23.2 Å². The number of carbonyl (C=O) groups is 1. The smallest absolute Gasteiger partial charge is 0.231 e. The lowest BCUT2D eigenvalue weighted by molar-refractivity contribution is -0.118. The Hall–Kier alpha value is -1.62. The molecule has 2 aliphatic heterocycles. The first-order chi connectivity index (χ1) is 12.5. The molecule has 0 unspecified atom stereocenters. The molecule has 1 saturated heterocycles. The van der Waals surface area contributed by atoms with Crippen molar-refractivity contribution < 1.29 is 9.18 Å². The maximum Gasteiger partial charge on any atom is 0.231 e. The molecule has 4 rings (SSSR count). The molecule has 3 nitrogen and oxygen atoms in total. The molecule has 0 aromatic heterocycles. The van der Waals surface area contributed by atoms with E-state index in [0.29, 0.717) is 28.6 Å². The van der Waals surface area contributed by atoms with Crippen molar-refractivity contribution in [3.8, 4) is 0 Å². The van der Waals surface area contributed by atoms with Crippen molar-refractivity contribution >= 4 is 34.8 Å². The van der Waals surface area contributed by atoms with E-state index in [0.717, 1.165) is 37.2 Å². The van der Waals surface area contributed by atoms with Gasteiger partial charge in [0.1, 0.15) is 5.82 Å². The molecule has 26 heavy (non-hydrogen) atoms. The van der Waals surface area contributed by atoms with Crippen LogP contribution in [0.4, 0.5) is 10.1 Å². The molecular weight excluding hydrogens is 374 g/mol. The number of hydrogen-bond donors (Lipinski definition) is 0. The number of fused-ring (bicyclic) bond motifs is 1. The first-order valence-corrected chi connectivity index (χ1v) is 9.53. The molecule has 2 aliphatic rings. The summed E-state index contributed by atoms with van der Waals surface area (Å²) in [5.74, 6) is -0.123. The summed E-state index contributed by atoms with van der Waals surface area (Å²) in [4.78, 5) is 16.6. The van der Waals surface area contributed by atoms with Gasteiger partial charge in [0.2, 0.25) is 5.91 Å². The maximum absolute atomic E-state index is 14.0. The Balaban J connectivity index is 1.43. The third-order valence-electron chi connectivity index (χ3n) is 5.25. The summed E-state index contributed by atoms with van der Waals surface area (Å²) in [6.07, 6.45) is 2.18. The predicted octanol–water partition coefficient (Wildman–Crippen LogP) is 4.69. The van der Waals surface area contributed by atoms with Crippen LogP contribution in [0.25, 0.3) is 0 Å². The molecule has 0 saturated carbocycles. The number of nitrogens with zero attached hydrogens (tertiary/aromatic N) is 2. The summed E-state index contributed by atoms with van der Waals surface area (Å²) in [5, 5.41) is 1.06. The number of benzene rings is 2. The zero-order chi connectivity index (χ0) is 18.3. The quantitative estimate of drug-likeness (QED) is 0.756. The first-order valence-electron chi connectivity index (χ1n) is 8.78. The van der Waals surface area contributed by atoms with Gasteiger partial charge in [0, 0.05) is 47.0 Å². The van der Waals surface area contributed by atoms with Crippen molar-refractivity contribution in [2.45, 2.75) is 31.8 Å². The van der Waals surface area contributed by atoms with Gasteiger partial charge < -0.3 is 4.90 Å². The number of piperidine rings is 1. The minimum atomic E-state index is -0.266. The minimum absolute atomic E-state index is 0.143. The van der Waals surface area contributed by atoms with Crippen LogP contribution in [0.15, 0.2) is 36.4 Å². The van der Waals surface area contributed by atoms with Crippen molar-refractivity contribution in [1.29, 1.82) is 0 Å². The van der Waals surface area contributed by atoms with Crippen molar-refractivity contribution in [2.24, 2.45) is 0 Å². The average Bonchev–Trinajstić information content (AvgIpc) is 2.93. The van der Waals surface area contributed by atoms with Crippen molar-refractivity contribution in [3.63, 3.8) is 0 Å². The van der Waals surface area contributed by atoms with Crippen LogP contribution in [0, 0.1) is 5.82 Å². The molecule has 1 amide bonds. The van der Waals surface area contributed by atoms with Gasteiger partial charge in [-0.2, -0.15) is 0 Å². The van der Waals surface area contributed by atoms with E-state index in [1.165, 1.54) is 6.07 Å². The fourth-order valence-electron chi connectivity index (χ4n) is 3.92. The number of rotatable bonds is 3. The molecule has 0 radical (unpaired) electrons. The Morgan fingerprint density at radius 1 is 1.04 bits per heavy atom. The highest BCUT2D eigenvalue weighted by atomic mass is 35.5. The van der Waals surface area contributed by atoms with E-state index in [1.807, 2.05) is 23.1 Å². The largest absolute Gasteiger partial charge is 0.309 e. The number of amides is 1. The van der Waals surface area contributed by atoms with Gasteiger partial charge in [-0.25, -0.2) is 4.39 Å². The molecular formula is C20H19Cl2FN2O. The third kappa shape index (κ3) is 3.46. The molecule has 0 spiro atoms. The Kier molecular flexibility index (Phi) is 4.91. The summed E-state index contributed by atoms with van der Waals surface area (Å²) in [7, 11) is 0. The van der Waals surface area contributed by atoms with Crippen LogP contribution in [0.5, 0.6) is 0 Å². The molecule has 2 aromatic carbocycles. The summed E-state index contributed by atoms with van der Waals surface area (Å²) < 4.78 is 14.0. The van der Waals surface area contributed by atoms with E-state index < -0.39 is 0 Å². The lowest BCUT2D eigenvalue weighted by Crippen LogP contribution is -2.46. The zero-order valence-corrected chi connectivity index (χ0v) is 15.7. The van der Waals surface area contributed by atoms with Crippen LogP contribution < -0.4 is 4.90 Å². The van der Waals surface area contributed by atoms with Gasteiger partial charge >= 0.3 is 0 Å². The van der Waals surface area contributed by atoms with Crippen LogP contribution in [-0.2, 0) is 17.8 Å². The van der Waals surface area contributed by atoms with Crippen LogP contribution in [0.2, 0.25) is 10.0 Å². The number of likely N-dealkylation sites (tertiary alicyclic amines) is 1. The summed E-state index contributed by atoms with van der Waals surface area (Å²) in [5.41, 5.74) is 2.65. The second-order valence-corrected chi connectivity index (χ2v) is 7.83. The number of anilines is 1. The first kappa shape index (κ1) is 17.8. The Bertz CT molecular complexity index is 850. The van der Waals surface area contributed by atoms with Crippen molar-refractivity contribution in [3.05, 3.63) is 63.4 Å². The highest BCUT2D eigenvalue weighted by Crippen LogP contribution is 2.35. The number of carbonyl (C=O) groups excluding carboxylic acids is 1. The Morgan fingerprint density at radius 3 is 2.46 bits per heavy atom. The molecule has 1 fully saturated rings. The number of hydrogen-bond acceptors (Lipinski definition) is 2. The average molecular weight is 393 g/mol. The molecule has 0 bridgehead atoms. The Morgan fingerprint density at radius 2 is 1.73 bits per heavy atom. The Labute approximate surface area is 162 Å². The van der Waals surface area contributed by atoms with E-state index in [2.05, 4.69) is 4.90 Å². The molecule has 2 heterocycles. The van der Waals surface area contributed by atoms with E-state index >= 15 is 0 Å². The summed E-state index contributed by atoms with van der Waals surface area (Å²) in [6.45, 7) is 2.21. The van der Waals surface area contributed by atoms with Gasteiger partial charge in [-0.15, -0.1) is 0 Å². The van der Waals surface area contributed by atoms with Gasteiger partial charge in [-0.05, 0) is 42.7 Å². The standard InChI is InChI=1S/C20H19Cl2FN2O/c21-15-4-2-14(18(23)10-15)12-24-7-5-17(6-8-24)25-19-11-16(22)3-1-13(19)9-20(25)26/h1-4,10-11,17H,5-9,12H2. The maximum atomic E-state index is 14.0. The summed E-state index contributed by atoms with van der Waals surface area (Å²) >= 11 is 11.9. The van der Waals surface area contributed by atoms with E-state index in [-0.39, 0.29) is 17.8 Å². The summed E-state index contributed by atoms with van der Waals surface area (Å²) in [6, 6.07) is 10.6. The normalized spacial score (nSPS) is 18.4. The lowest BCUT2D eigenvalue weighted by Gasteiger charge is -2.37. The molecule has 0 aliphatic carbocycles. The van der Waals surface area contributed by atoms with Crippen molar-refractivity contribution in [2.75, 3.05) is 18.0 Å². The molecule has 2 aromatic rings. The van der Waals surface area contributed by atoms with Crippen LogP contribution >= 0.6 is 23.2 Å².